The van der Waals surface area contributed by atoms with Crippen LogP contribution in [-0.2, 0) is 26.2 Å². The minimum Gasteiger partial charge on any atom is -0.493 e. The monoisotopic (exact) mass is 667 g/mol. The van der Waals surface area contributed by atoms with E-state index in [1.165, 1.54) is 55.5 Å². The molecule has 0 aliphatic carbocycles. The molecule has 2 amide bonds. The van der Waals surface area contributed by atoms with Crippen LogP contribution in [0.1, 0.15) is 39.7 Å². The van der Waals surface area contributed by atoms with Crippen LogP contribution in [0.25, 0.3) is 0 Å². The molecule has 0 saturated carbocycles. The second-order valence-electron chi connectivity index (χ2n) is 10.9. The number of rotatable bonds is 12. The van der Waals surface area contributed by atoms with E-state index < -0.39 is 45.8 Å². The maximum absolute atomic E-state index is 14.2. The Bertz CT molecular complexity index is 1600. The zero-order chi connectivity index (χ0) is 32.8. The fraction of sp³-hybridized carbons (Fsp3) is 0.355. The van der Waals surface area contributed by atoms with Gasteiger partial charge >= 0.3 is 0 Å². The minimum atomic E-state index is -4.44. The van der Waals surface area contributed by atoms with Gasteiger partial charge in [-0.1, -0.05) is 36.2 Å². The van der Waals surface area contributed by atoms with Gasteiger partial charge < -0.3 is 19.7 Å². The number of carbonyl (C=O) groups excluding carboxylic acids is 2. The van der Waals surface area contributed by atoms with Gasteiger partial charge in [0.25, 0.3) is 10.0 Å². The van der Waals surface area contributed by atoms with Crippen LogP contribution in [0.2, 0.25) is 10.0 Å². The van der Waals surface area contributed by atoms with Gasteiger partial charge in [0, 0.05) is 28.2 Å². The average Bonchev–Trinajstić information content (AvgIpc) is 2.95. The highest BCUT2D eigenvalue weighted by Crippen LogP contribution is 2.33. The van der Waals surface area contributed by atoms with Gasteiger partial charge in [0.2, 0.25) is 11.8 Å². The Morgan fingerprint density at radius 3 is 2.14 bits per heavy atom. The number of benzene rings is 3. The largest absolute Gasteiger partial charge is 0.493 e. The third-order valence-corrected chi connectivity index (χ3v) is 8.93. The van der Waals surface area contributed by atoms with Crippen LogP contribution in [-0.4, -0.2) is 57.5 Å². The van der Waals surface area contributed by atoms with E-state index in [-0.39, 0.29) is 34.3 Å². The molecule has 3 rings (SSSR count). The summed E-state index contributed by atoms with van der Waals surface area (Å²) < 4.78 is 53.5. The molecule has 0 aliphatic heterocycles. The Morgan fingerprint density at radius 2 is 1.59 bits per heavy atom. The maximum atomic E-state index is 14.2. The van der Waals surface area contributed by atoms with E-state index in [2.05, 4.69) is 5.32 Å². The molecule has 13 heteroatoms. The van der Waals surface area contributed by atoms with Gasteiger partial charge in [-0.05, 0) is 81.3 Å². The van der Waals surface area contributed by atoms with E-state index in [4.69, 9.17) is 32.7 Å². The number of ether oxygens (including phenoxy) is 2. The number of nitrogens with one attached hydrogen (secondary N) is 1. The zero-order valence-electron chi connectivity index (χ0n) is 25.4. The normalized spacial score (nSPS) is 12.3. The lowest BCUT2D eigenvalue weighted by Gasteiger charge is -2.35. The van der Waals surface area contributed by atoms with Gasteiger partial charge in [-0.15, -0.1) is 0 Å². The predicted octanol–water partition coefficient (Wildman–Crippen LogP) is 6.07. The van der Waals surface area contributed by atoms with Gasteiger partial charge in [-0.25, -0.2) is 12.8 Å². The Labute approximate surface area is 267 Å². The maximum Gasteiger partial charge on any atom is 0.264 e. The molecule has 44 heavy (non-hydrogen) atoms. The molecule has 0 saturated heterocycles. The number of carbonyl (C=O) groups is 2. The molecule has 9 nitrogen and oxygen atoms in total. The van der Waals surface area contributed by atoms with E-state index in [0.29, 0.717) is 16.3 Å². The van der Waals surface area contributed by atoms with Crippen LogP contribution in [0.5, 0.6) is 11.5 Å². The summed E-state index contributed by atoms with van der Waals surface area (Å²) in [6, 6.07) is 12.5. The summed E-state index contributed by atoms with van der Waals surface area (Å²) >= 11 is 12.5. The number of methoxy groups -OCH3 is 2. The van der Waals surface area contributed by atoms with E-state index >= 15 is 0 Å². The lowest BCUT2D eigenvalue weighted by molar-refractivity contribution is -0.141. The van der Waals surface area contributed by atoms with Crippen molar-refractivity contribution in [3.05, 3.63) is 82.1 Å². The van der Waals surface area contributed by atoms with E-state index in [9.17, 15) is 22.4 Å². The van der Waals surface area contributed by atoms with Crippen molar-refractivity contribution < 1.29 is 31.9 Å². The molecule has 0 radical (unpaired) electrons. The Morgan fingerprint density at radius 1 is 0.955 bits per heavy atom. The number of hydrogen-bond donors (Lipinski definition) is 1. The van der Waals surface area contributed by atoms with Crippen molar-refractivity contribution in [1.82, 2.24) is 10.2 Å². The third-order valence-electron chi connectivity index (χ3n) is 6.58. The van der Waals surface area contributed by atoms with Crippen LogP contribution in [0, 0.1) is 5.82 Å². The third kappa shape index (κ3) is 8.55. The second kappa shape index (κ2) is 14.5. The van der Waals surface area contributed by atoms with Gasteiger partial charge in [0.15, 0.2) is 11.5 Å². The van der Waals surface area contributed by atoms with Crippen molar-refractivity contribution in [2.75, 3.05) is 25.1 Å². The highest BCUT2D eigenvalue weighted by atomic mass is 35.5. The van der Waals surface area contributed by atoms with Crippen molar-refractivity contribution >= 4 is 50.7 Å². The van der Waals surface area contributed by atoms with Gasteiger partial charge in [-0.2, -0.15) is 0 Å². The molecule has 0 fully saturated rings. The van der Waals surface area contributed by atoms with Crippen LogP contribution in [0.4, 0.5) is 10.1 Å². The van der Waals surface area contributed by atoms with Crippen molar-refractivity contribution in [2.45, 2.75) is 57.1 Å². The first-order chi connectivity index (χ1) is 20.6. The Kier molecular flexibility index (Phi) is 11.5. The first-order valence-electron chi connectivity index (χ1n) is 13.7. The smallest absolute Gasteiger partial charge is 0.264 e. The summed E-state index contributed by atoms with van der Waals surface area (Å²) in [5.74, 6) is -1.25. The summed E-state index contributed by atoms with van der Waals surface area (Å²) in [6.45, 7) is 6.35. The van der Waals surface area contributed by atoms with Crippen LogP contribution >= 0.6 is 23.2 Å². The molecule has 3 aromatic carbocycles. The number of hydrogen-bond acceptors (Lipinski definition) is 6. The standard InChI is InChI=1S/C31H36Cl2FN3O6S/c1-7-26(30(39)35-31(2,3)4)36(18-20-8-9-21(32)16-25(20)33)29(38)19-37(23-12-10-22(34)11-13-23)44(40,41)24-14-15-27(42-5)28(17-24)43-6/h8-17,26H,7,18-19H2,1-6H3,(H,35,39)/t26-/m1/s1. The fourth-order valence-corrected chi connectivity index (χ4v) is 6.34. The molecule has 1 atom stereocenters. The van der Waals surface area contributed by atoms with E-state index in [1.807, 2.05) is 20.8 Å². The molecular weight excluding hydrogens is 632 g/mol. The summed E-state index contributed by atoms with van der Waals surface area (Å²) in [7, 11) is -1.66. The van der Waals surface area contributed by atoms with Crippen molar-refractivity contribution in [2.24, 2.45) is 0 Å². The van der Waals surface area contributed by atoms with Crippen LogP contribution < -0.4 is 19.1 Å². The molecule has 1 N–H and O–H groups in total. The summed E-state index contributed by atoms with van der Waals surface area (Å²) in [5, 5.41) is 3.56. The van der Waals surface area contributed by atoms with Gasteiger partial charge in [-0.3, -0.25) is 13.9 Å². The molecule has 0 spiro atoms. The quantitative estimate of drug-likeness (QED) is 0.252. The highest BCUT2D eigenvalue weighted by Gasteiger charge is 2.35. The van der Waals surface area contributed by atoms with Gasteiger partial charge in [0.05, 0.1) is 24.8 Å². The summed E-state index contributed by atoms with van der Waals surface area (Å²) in [4.78, 5) is 28.7. The topological polar surface area (TPSA) is 105 Å². The molecule has 0 aliphatic rings. The van der Waals surface area contributed by atoms with Crippen molar-refractivity contribution in [3.63, 3.8) is 0 Å². The SMILES string of the molecule is CC[C@H](C(=O)NC(C)(C)C)N(Cc1ccc(Cl)cc1Cl)C(=O)CN(c1ccc(F)cc1)S(=O)(=O)c1ccc(OC)c(OC)c1. The first-order valence-corrected chi connectivity index (χ1v) is 15.9. The molecule has 0 unspecified atom stereocenters. The number of amides is 2. The molecule has 0 bridgehead atoms. The number of nitrogens with zero attached hydrogens (tertiary/aromatic N) is 2. The van der Waals surface area contributed by atoms with Crippen molar-refractivity contribution in [1.29, 1.82) is 0 Å². The lowest BCUT2D eigenvalue weighted by atomic mass is 10.1. The Balaban J connectivity index is 2.13. The van der Waals surface area contributed by atoms with Crippen molar-refractivity contribution in [3.8, 4) is 11.5 Å². The number of anilines is 1. The van der Waals surface area contributed by atoms with E-state index in [1.54, 1.807) is 19.1 Å². The first kappa shape index (κ1) is 34.9. The molecule has 0 heterocycles. The number of halogens is 3. The average molecular weight is 669 g/mol. The summed E-state index contributed by atoms with van der Waals surface area (Å²) in [5.41, 5.74) is -0.0673. The Hall–Kier alpha value is -3.54. The minimum absolute atomic E-state index is 0.0335. The molecular formula is C31H36Cl2FN3O6S. The van der Waals surface area contributed by atoms with Gasteiger partial charge in [0.1, 0.15) is 18.4 Å². The zero-order valence-corrected chi connectivity index (χ0v) is 27.7. The molecule has 0 aromatic heterocycles. The van der Waals surface area contributed by atoms with Crippen LogP contribution in [0.15, 0.2) is 65.6 Å². The second-order valence-corrected chi connectivity index (χ2v) is 13.6. The summed E-state index contributed by atoms with van der Waals surface area (Å²) in [6.07, 6.45) is 0.220. The molecule has 238 valence electrons. The fourth-order valence-electron chi connectivity index (χ4n) is 4.45. The predicted molar refractivity (Wildman–Crippen MR) is 169 cm³/mol. The molecule has 3 aromatic rings. The lowest BCUT2D eigenvalue weighted by Crippen LogP contribution is -2.55. The highest BCUT2D eigenvalue weighted by molar-refractivity contribution is 7.92. The van der Waals surface area contributed by atoms with E-state index in [0.717, 1.165) is 16.4 Å². The van der Waals surface area contributed by atoms with Crippen LogP contribution in [0.3, 0.4) is 0 Å². The number of sulfonamides is 1.